The molecule has 0 fully saturated rings. The Morgan fingerprint density at radius 1 is 1.15 bits per heavy atom. The van der Waals surface area contributed by atoms with Crippen LogP contribution in [0.3, 0.4) is 0 Å². The van der Waals surface area contributed by atoms with Gasteiger partial charge in [-0.25, -0.2) is 0 Å². The van der Waals surface area contributed by atoms with E-state index in [9.17, 15) is 14.7 Å². The third-order valence-corrected chi connectivity index (χ3v) is 6.39. The van der Waals surface area contributed by atoms with Gasteiger partial charge in [-0.05, 0) is 62.2 Å². The van der Waals surface area contributed by atoms with Gasteiger partial charge in [-0.3, -0.25) is 9.59 Å². The predicted molar refractivity (Wildman–Crippen MR) is 131 cm³/mol. The van der Waals surface area contributed by atoms with Crippen LogP contribution in [-0.4, -0.2) is 51.2 Å². The molecule has 2 amide bonds. The lowest BCUT2D eigenvalue weighted by atomic mass is 10.1. The minimum atomic E-state index is -0.750. The van der Waals surface area contributed by atoms with Crippen molar-refractivity contribution in [3.63, 3.8) is 0 Å². The largest absolute Gasteiger partial charge is 0.497 e. The third kappa shape index (κ3) is 5.95. The zero-order valence-electron chi connectivity index (χ0n) is 19.7. The zero-order chi connectivity index (χ0) is 24.7. The van der Waals surface area contributed by atoms with E-state index in [1.165, 1.54) is 11.8 Å². The van der Waals surface area contributed by atoms with Gasteiger partial charge >= 0.3 is 0 Å². The van der Waals surface area contributed by atoms with Gasteiger partial charge < -0.3 is 25.0 Å². The molecule has 34 heavy (non-hydrogen) atoms. The first kappa shape index (κ1) is 25.3. The number of hydrogen-bond acceptors (Lipinski definition) is 7. The van der Waals surface area contributed by atoms with E-state index >= 15 is 0 Å². The summed E-state index contributed by atoms with van der Waals surface area (Å²) in [6, 6.07) is 11.7. The summed E-state index contributed by atoms with van der Waals surface area (Å²) in [7, 11) is 1.55. The van der Waals surface area contributed by atoms with Crippen LogP contribution in [0, 0.1) is 13.8 Å². The topological polar surface area (TPSA) is 118 Å². The number of carbonyl (C=O) groups is 2. The second-order valence-corrected chi connectivity index (χ2v) is 8.55. The number of aliphatic hydroxyl groups is 1. The molecule has 0 unspecified atom stereocenters. The number of aromatic nitrogens is 3. The Hall–Kier alpha value is -3.37. The molecule has 0 radical (unpaired) electrons. The van der Waals surface area contributed by atoms with Crippen molar-refractivity contribution < 1.29 is 19.4 Å². The average Bonchev–Trinajstić information content (AvgIpc) is 3.26. The van der Waals surface area contributed by atoms with Crippen LogP contribution in [0.25, 0.3) is 0 Å². The fourth-order valence-corrected chi connectivity index (χ4v) is 4.15. The minimum absolute atomic E-state index is 0.146. The standard InChI is InChI=1S/C24H29N5O4S/c1-5-29-22(20(13-30)26-23(32)17-9-11-18(33-4)12-10-17)27-28-24(29)34-14-21(31)25-19-8-6-7-15(2)16(19)3/h6-12,20,30H,5,13-14H2,1-4H3,(H,25,31)(H,26,32)/t20-/m1/s1. The van der Waals surface area contributed by atoms with Crippen molar-refractivity contribution in [2.45, 2.75) is 38.5 Å². The van der Waals surface area contributed by atoms with Crippen molar-refractivity contribution in [1.29, 1.82) is 0 Å². The third-order valence-electron chi connectivity index (χ3n) is 5.42. The van der Waals surface area contributed by atoms with Crippen LogP contribution in [0.2, 0.25) is 0 Å². The highest BCUT2D eigenvalue weighted by atomic mass is 32.2. The van der Waals surface area contributed by atoms with E-state index in [0.29, 0.717) is 28.8 Å². The molecular formula is C24H29N5O4S. The molecule has 1 aromatic heterocycles. The predicted octanol–water partition coefficient (Wildman–Crippen LogP) is 3.12. The fourth-order valence-electron chi connectivity index (χ4n) is 3.34. The van der Waals surface area contributed by atoms with Gasteiger partial charge in [-0.2, -0.15) is 0 Å². The summed E-state index contributed by atoms with van der Waals surface area (Å²) in [5.41, 5.74) is 3.34. The Balaban J connectivity index is 1.67. The van der Waals surface area contributed by atoms with Gasteiger partial charge in [-0.1, -0.05) is 23.9 Å². The Kier molecular flexibility index (Phi) is 8.67. The first-order chi connectivity index (χ1) is 16.4. The maximum absolute atomic E-state index is 12.7. The zero-order valence-corrected chi connectivity index (χ0v) is 20.5. The van der Waals surface area contributed by atoms with E-state index in [-0.39, 0.29) is 24.2 Å². The number of thioether (sulfide) groups is 1. The number of benzene rings is 2. The molecule has 180 valence electrons. The molecule has 3 N–H and O–H groups in total. The number of carbonyl (C=O) groups excluding carboxylic acids is 2. The molecule has 0 spiro atoms. The van der Waals surface area contributed by atoms with Crippen molar-refractivity contribution in [3.05, 3.63) is 65.0 Å². The van der Waals surface area contributed by atoms with Crippen LogP contribution < -0.4 is 15.4 Å². The Morgan fingerprint density at radius 2 is 1.88 bits per heavy atom. The second kappa shape index (κ2) is 11.7. The van der Waals surface area contributed by atoms with Crippen LogP contribution in [0.1, 0.15) is 40.3 Å². The van der Waals surface area contributed by atoms with Gasteiger partial charge in [0.1, 0.15) is 11.8 Å². The molecular weight excluding hydrogens is 454 g/mol. The number of aliphatic hydroxyl groups excluding tert-OH is 1. The molecule has 0 bridgehead atoms. The van der Waals surface area contributed by atoms with Crippen molar-refractivity contribution in [1.82, 2.24) is 20.1 Å². The SMILES string of the molecule is CCn1c(SCC(=O)Nc2cccc(C)c2C)nnc1[C@@H](CO)NC(=O)c1ccc(OC)cc1. The summed E-state index contributed by atoms with van der Waals surface area (Å²) in [6.45, 7) is 6.03. The van der Waals surface area contributed by atoms with E-state index in [2.05, 4.69) is 20.8 Å². The summed E-state index contributed by atoms with van der Waals surface area (Å²) in [5, 5.41) is 24.6. The fraction of sp³-hybridized carbons (Fsp3) is 0.333. The molecule has 2 aromatic carbocycles. The molecule has 0 saturated heterocycles. The Labute approximate surface area is 202 Å². The van der Waals surface area contributed by atoms with E-state index in [4.69, 9.17) is 4.74 Å². The van der Waals surface area contributed by atoms with Gasteiger partial charge in [-0.15, -0.1) is 10.2 Å². The smallest absolute Gasteiger partial charge is 0.251 e. The number of nitrogens with zero attached hydrogens (tertiary/aromatic N) is 3. The second-order valence-electron chi connectivity index (χ2n) is 7.61. The van der Waals surface area contributed by atoms with Crippen molar-refractivity contribution in [3.8, 4) is 5.75 Å². The number of ether oxygens (including phenoxy) is 1. The molecule has 0 aliphatic heterocycles. The van der Waals surface area contributed by atoms with E-state index < -0.39 is 6.04 Å². The van der Waals surface area contributed by atoms with Gasteiger partial charge in [0.25, 0.3) is 5.91 Å². The number of hydrogen-bond donors (Lipinski definition) is 3. The van der Waals surface area contributed by atoms with Gasteiger partial charge in [0, 0.05) is 17.8 Å². The average molecular weight is 484 g/mol. The molecule has 0 saturated carbocycles. The number of nitrogens with one attached hydrogen (secondary N) is 2. The first-order valence-electron chi connectivity index (χ1n) is 10.9. The summed E-state index contributed by atoms with van der Waals surface area (Å²) < 4.78 is 6.90. The van der Waals surface area contributed by atoms with Crippen LogP contribution in [0.4, 0.5) is 5.69 Å². The van der Waals surface area contributed by atoms with E-state index in [1.54, 1.807) is 35.9 Å². The monoisotopic (exact) mass is 483 g/mol. The van der Waals surface area contributed by atoms with E-state index in [1.807, 2.05) is 39.0 Å². The highest BCUT2D eigenvalue weighted by molar-refractivity contribution is 7.99. The van der Waals surface area contributed by atoms with E-state index in [0.717, 1.165) is 16.8 Å². The maximum Gasteiger partial charge on any atom is 0.251 e. The number of amides is 2. The molecule has 0 aliphatic rings. The lowest BCUT2D eigenvalue weighted by Gasteiger charge is -2.17. The van der Waals surface area contributed by atoms with Crippen LogP contribution in [0.15, 0.2) is 47.6 Å². The molecule has 1 heterocycles. The summed E-state index contributed by atoms with van der Waals surface area (Å²) in [5.74, 6) is 0.702. The summed E-state index contributed by atoms with van der Waals surface area (Å²) in [6.07, 6.45) is 0. The normalized spacial score (nSPS) is 11.7. The number of aryl methyl sites for hydroxylation is 1. The molecule has 9 nitrogen and oxygen atoms in total. The van der Waals surface area contributed by atoms with Gasteiger partial charge in [0.2, 0.25) is 5.91 Å². The lowest BCUT2D eigenvalue weighted by Crippen LogP contribution is -2.32. The quantitative estimate of drug-likeness (QED) is 0.379. The first-order valence-corrected chi connectivity index (χ1v) is 11.8. The van der Waals surface area contributed by atoms with Crippen molar-refractivity contribution >= 4 is 29.3 Å². The van der Waals surface area contributed by atoms with Crippen LogP contribution >= 0.6 is 11.8 Å². The number of rotatable bonds is 10. The maximum atomic E-state index is 12.7. The molecule has 0 aliphatic carbocycles. The van der Waals surface area contributed by atoms with Gasteiger partial charge in [0.05, 0.1) is 19.5 Å². The molecule has 3 aromatic rings. The van der Waals surface area contributed by atoms with Crippen molar-refractivity contribution in [2.24, 2.45) is 0 Å². The number of methoxy groups -OCH3 is 1. The Bertz CT molecular complexity index is 1150. The Morgan fingerprint density at radius 3 is 2.53 bits per heavy atom. The molecule has 1 atom stereocenters. The van der Waals surface area contributed by atoms with Crippen LogP contribution in [-0.2, 0) is 11.3 Å². The highest BCUT2D eigenvalue weighted by Gasteiger charge is 2.23. The number of anilines is 1. The summed E-state index contributed by atoms with van der Waals surface area (Å²) >= 11 is 1.25. The highest BCUT2D eigenvalue weighted by Crippen LogP contribution is 2.23. The lowest BCUT2D eigenvalue weighted by molar-refractivity contribution is -0.113. The van der Waals surface area contributed by atoms with Crippen LogP contribution in [0.5, 0.6) is 5.75 Å². The van der Waals surface area contributed by atoms with Gasteiger partial charge in [0.15, 0.2) is 11.0 Å². The molecule has 10 heteroatoms. The van der Waals surface area contributed by atoms with Crippen molar-refractivity contribution in [2.75, 3.05) is 24.8 Å². The molecule has 3 rings (SSSR count). The minimum Gasteiger partial charge on any atom is -0.497 e. The summed E-state index contributed by atoms with van der Waals surface area (Å²) in [4.78, 5) is 25.2.